The molecule has 0 amide bonds. The van der Waals surface area contributed by atoms with Crippen molar-refractivity contribution in [2.75, 3.05) is 5.32 Å². The van der Waals surface area contributed by atoms with Crippen molar-refractivity contribution in [3.05, 3.63) is 90.7 Å². The minimum atomic E-state index is 0. The molecule has 1 aliphatic carbocycles. The molecule has 1 nitrogen and oxygen atoms in total. The Bertz CT molecular complexity index is 784. The first kappa shape index (κ1) is 14.4. The molecule has 0 aliphatic heterocycles. The van der Waals surface area contributed by atoms with Crippen molar-refractivity contribution >= 4 is 5.69 Å². The van der Waals surface area contributed by atoms with Gasteiger partial charge in [-0.1, -0.05) is 63.4 Å². The number of hydrogen-bond acceptors (Lipinski definition) is 1. The summed E-state index contributed by atoms with van der Waals surface area (Å²) in [6.07, 6.45) is 5.48. The molecule has 0 fully saturated rings. The Morgan fingerprint density at radius 1 is 1.05 bits per heavy atom. The number of hydrogen-bond donors (Lipinski definition) is 1. The van der Waals surface area contributed by atoms with Gasteiger partial charge in [0.25, 0.3) is 0 Å². The maximum atomic E-state index is 3.83. The fraction of sp³-hybridized carbons (Fsp3) is 0.143. The van der Waals surface area contributed by atoms with Gasteiger partial charge in [-0.15, -0.1) is 0 Å². The minimum Gasteiger partial charge on any atom is -0.356 e. The summed E-state index contributed by atoms with van der Waals surface area (Å²) in [7, 11) is 0. The lowest BCUT2D eigenvalue weighted by molar-refractivity contribution is 0.660. The first-order valence-electron chi connectivity index (χ1n) is 7.54. The maximum absolute atomic E-state index is 3.83. The largest absolute Gasteiger partial charge is 0.356 e. The molecular weight excluding hydrogens is 266 g/mol. The van der Waals surface area contributed by atoms with Crippen molar-refractivity contribution in [2.24, 2.45) is 0 Å². The molecule has 0 unspecified atom stereocenters. The molecule has 3 rings (SSSR count). The second kappa shape index (κ2) is 5.34. The van der Waals surface area contributed by atoms with Crippen LogP contribution in [0.3, 0.4) is 0 Å². The van der Waals surface area contributed by atoms with Crippen LogP contribution in [-0.4, -0.2) is 0 Å². The van der Waals surface area contributed by atoms with Crippen LogP contribution in [0.4, 0.5) is 5.69 Å². The van der Waals surface area contributed by atoms with Gasteiger partial charge in [-0.05, 0) is 46.5 Å². The summed E-state index contributed by atoms with van der Waals surface area (Å²) in [6, 6.07) is 15.2. The first-order valence-corrected chi connectivity index (χ1v) is 7.54. The van der Waals surface area contributed by atoms with E-state index in [-0.39, 0.29) is 6.84 Å². The summed E-state index contributed by atoms with van der Waals surface area (Å²) in [5.41, 5.74) is 7.49. The van der Waals surface area contributed by atoms with Gasteiger partial charge in [-0.2, -0.15) is 0 Å². The molecule has 112 valence electrons. The summed E-state index contributed by atoms with van der Waals surface area (Å²) < 4.78 is 0. The molecule has 1 aliphatic rings. The van der Waals surface area contributed by atoms with Crippen LogP contribution in [0.15, 0.2) is 79.5 Å². The second-order valence-electron chi connectivity index (χ2n) is 6.12. The monoisotopic (exact) mass is 289 g/mol. The zero-order valence-corrected chi connectivity index (χ0v) is 13.2. The van der Waals surface area contributed by atoms with E-state index in [1.165, 1.54) is 22.3 Å². The fourth-order valence-corrected chi connectivity index (χ4v) is 3.24. The molecule has 0 heterocycles. The number of anilines is 1. The van der Waals surface area contributed by atoms with Gasteiger partial charge in [0, 0.05) is 18.2 Å². The van der Waals surface area contributed by atoms with Crippen LogP contribution in [-0.2, 0) is 5.41 Å². The zero-order valence-electron chi connectivity index (χ0n) is 13.2. The van der Waals surface area contributed by atoms with Gasteiger partial charge < -0.3 is 5.32 Å². The zero-order chi connectivity index (χ0) is 15.7. The van der Waals surface area contributed by atoms with Crippen molar-refractivity contribution in [2.45, 2.75) is 19.3 Å². The molecule has 0 saturated carbocycles. The van der Waals surface area contributed by atoms with Crippen LogP contribution in [0.5, 0.6) is 0 Å². The molecule has 2 aromatic rings. The van der Waals surface area contributed by atoms with Crippen LogP contribution in [0.1, 0.15) is 26.4 Å². The quantitative estimate of drug-likeness (QED) is 0.690. The van der Waals surface area contributed by atoms with Gasteiger partial charge in [-0.25, -0.2) is 0 Å². The lowest BCUT2D eigenvalue weighted by Crippen LogP contribution is -2.15. The molecule has 0 aromatic heterocycles. The average Bonchev–Trinajstić information content (AvgIpc) is 2.76. The number of rotatable bonds is 4. The molecule has 0 radical (unpaired) electrons. The number of benzene rings is 2. The summed E-state index contributed by atoms with van der Waals surface area (Å²) >= 11 is 0. The Morgan fingerprint density at radius 3 is 2.50 bits per heavy atom. The van der Waals surface area contributed by atoms with Crippen molar-refractivity contribution < 1.29 is 1.43 Å². The van der Waals surface area contributed by atoms with Crippen LogP contribution in [0.2, 0.25) is 0 Å². The van der Waals surface area contributed by atoms with Gasteiger partial charge in [0.1, 0.15) is 0 Å². The van der Waals surface area contributed by atoms with Gasteiger partial charge >= 0.3 is 0 Å². The Kier molecular flexibility index (Phi) is 3.50. The highest BCUT2D eigenvalue weighted by atomic mass is 14.9. The van der Waals surface area contributed by atoms with E-state index in [2.05, 4.69) is 74.8 Å². The maximum Gasteiger partial charge on any atom is 0.0387 e. The number of allylic oxidation sites excluding steroid dienone is 3. The van der Waals surface area contributed by atoms with E-state index in [4.69, 9.17) is 0 Å². The average molecular weight is 289 g/mol. The molecule has 1 N–H and O–H groups in total. The Balaban J connectivity index is 0.00000192. The van der Waals surface area contributed by atoms with Gasteiger partial charge in [0.2, 0.25) is 0 Å². The lowest BCUT2D eigenvalue weighted by Gasteiger charge is -2.22. The first-order chi connectivity index (χ1) is 10.6. The topological polar surface area (TPSA) is 12.0 Å². The van der Waals surface area contributed by atoms with E-state index in [0.29, 0.717) is 0 Å². The van der Waals surface area contributed by atoms with E-state index in [9.17, 15) is 0 Å². The van der Waals surface area contributed by atoms with E-state index < -0.39 is 0 Å². The van der Waals surface area contributed by atoms with Crippen molar-refractivity contribution in [3.63, 3.8) is 0 Å². The molecule has 0 bridgehead atoms. The lowest BCUT2D eigenvalue weighted by atomic mass is 9.82. The smallest absolute Gasteiger partial charge is 0.0387 e. The van der Waals surface area contributed by atoms with E-state index in [1.807, 2.05) is 6.08 Å². The van der Waals surface area contributed by atoms with Crippen LogP contribution >= 0.6 is 0 Å². The van der Waals surface area contributed by atoms with Gasteiger partial charge in [0.15, 0.2) is 0 Å². The number of fused-ring (bicyclic) bond motifs is 3. The molecule has 2 aromatic carbocycles. The normalized spacial score (nSPS) is 14.9. The summed E-state index contributed by atoms with van der Waals surface area (Å²) in [4.78, 5) is 0. The van der Waals surface area contributed by atoms with Crippen LogP contribution in [0.25, 0.3) is 11.1 Å². The predicted molar refractivity (Wildman–Crippen MR) is 98.2 cm³/mol. The van der Waals surface area contributed by atoms with E-state index in [0.717, 1.165) is 11.4 Å². The highest BCUT2D eigenvalue weighted by Crippen LogP contribution is 2.49. The number of nitrogens with one attached hydrogen (secondary N) is 1. The Hall–Kier alpha value is -2.54. The summed E-state index contributed by atoms with van der Waals surface area (Å²) in [6.45, 7) is 12.1. The third-order valence-corrected chi connectivity index (χ3v) is 4.39. The van der Waals surface area contributed by atoms with Crippen molar-refractivity contribution in [3.8, 4) is 11.1 Å². The Labute approximate surface area is 134 Å². The Morgan fingerprint density at radius 2 is 1.77 bits per heavy atom. The molecular formula is C21H23N. The van der Waals surface area contributed by atoms with Crippen LogP contribution in [0, 0.1) is 0 Å². The minimum absolute atomic E-state index is 0. The van der Waals surface area contributed by atoms with Crippen LogP contribution < -0.4 is 5.32 Å². The molecule has 1 heteroatoms. The highest BCUT2D eigenvalue weighted by Gasteiger charge is 2.35. The van der Waals surface area contributed by atoms with Crippen molar-refractivity contribution in [1.82, 2.24) is 0 Å². The van der Waals surface area contributed by atoms with E-state index in [1.54, 1.807) is 12.2 Å². The molecule has 22 heavy (non-hydrogen) atoms. The summed E-state index contributed by atoms with van der Waals surface area (Å²) in [5, 5.41) is 3.40. The highest BCUT2D eigenvalue weighted by molar-refractivity contribution is 5.82. The second-order valence-corrected chi connectivity index (χ2v) is 6.12. The fourth-order valence-electron chi connectivity index (χ4n) is 3.24. The van der Waals surface area contributed by atoms with E-state index >= 15 is 0 Å². The third kappa shape index (κ3) is 2.19. The predicted octanol–water partition coefficient (Wildman–Crippen LogP) is 5.91. The molecule has 0 spiro atoms. The third-order valence-electron chi connectivity index (χ3n) is 4.39. The molecule has 0 atom stereocenters. The molecule has 0 saturated heterocycles. The summed E-state index contributed by atoms with van der Waals surface area (Å²) in [5.74, 6) is 0. The standard InChI is InChI=1S/C21H21N.H2/c1-5-9-15(6-2)22-16-12-13-18-17-10-7-8-11-19(17)21(3,4)20(18)14-16;/h5-14,22H,1-2H2,3-4H3;1H/b15-9+;. The van der Waals surface area contributed by atoms with Gasteiger partial charge in [-0.3, -0.25) is 0 Å². The van der Waals surface area contributed by atoms with Crippen molar-refractivity contribution in [1.29, 1.82) is 0 Å². The van der Waals surface area contributed by atoms with Gasteiger partial charge in [0.05, 0.1) is 0 Å². The SMILES string of the molecule is C=C/C=C(\C=C)Nc1ccc2c(c1)C(C)(C)c1ccccc1-2.[HH].